The quantitative estimate of drug-likeness (QED) is 0.177. The van der Waals surface area contributed by atoms with Crippen molar-refractivity contribution >= 4 is 43.6 Å². The Morgan fingerprint density at radius 2 is 0.828 bits per heavy atom. The fourth-order valence-corrected chi connectivity index (χ4v) is 10.4. The summed E-state index contributed by atoms with van der Waals surface area (Å²) in [6.45, 7) is 0. The second-order valence-electron chi connectivity index (χ2n) is 15.6. The fraction of sp³-hybridized carbons (Fsp3) is 0.0182. The van der Waals surface area contributed by atoms with E-state index in [1.54, 1.807) is 0 Å². The number of para-hydroxylation sites is 5. The minimum Gasteiger partial charge on any atom is -0.457 e. The van der Waals surface area contributed by atoms with Crippen molar-refractivity contribution in [2.75, 3.05) is 0 Å². The molecule has 2 aliphatic rings. The molecule has 1 aliphatic heterocycles. The molecule has 3 heteroatoms. The van der Waals surface area contributed by atoms with E-state index in [9.17, 15) is 0 Å². The highest BCUT2D eigenvalue weighted by Gasteiger charge is 2.51. The number of fused-ring (bicyclic) bond motifs is 15. The Morgan fingerprint density at radius 3 is 1.55 bits per heavy atom. The Morgan fingerprint density at radius 1 is 0.310 bits per heavy atom. The molecule has 0 bridgehead atoms. The Balaban J connectivity index is 1.10. The van der Waals surface area contributed by atoms with E-state index in [1.807, 2.05) is 0 Å². The number of nitrogens with zero attached hydrogens (tertiary/aromatic N) is 2. The number of hydrogen-bond donors (Lipinski definition) is 0. The van der Waals surface area contributed by atoms with Crippen LogP contribution in [0.2, 0.25) is 0 Å². The number of rotatable bonds is 3. The molecule has 0 radical (unpaired) electrons. The van der Waals surface area contributed by atoms with E-state index in [0.29, 0.717) is 0 Å². The van der Waals surface area contributed by atoms with Gasteiger partial charge in [0, 0.05) is 44.0 Å². The van der Waals surface area contributed by atoms with Gasteiger partial charge in [-0.1, -0.05) is 133 Å². The molecule has 11 aromatic rings. The molecular formula is C55H34N2O. The average Bonchev–Trinajstić information content (AvgIpc) is 3.90. The van der Waals surface area contributed by atoms with Crippen LogP contribution in [-0.2, 0) is 5.41 Å². The van der Waals surface area contributed by atoms with Crippen LogP contribution in [0.4, 0.5) is 0 Å². The highest BCUT2D eigenvalue weighted by Crippen LogP contribution is 2.62. The molecule has 3 nitrogen and oxygen atoms in total. The van der Waals surface area contributed by atoms with Gasteiger partial charge in [-0.05, 0) is 106 Å². The largest absolute Gasteiger partial charge is 0.457 e. The third kappa shape index (κ3) is 4.12. The molecule has 3 heterocycles. The van der Waals surface area contributed by atoms with Gasteiger partial charge in [-0.25, -0.2) is 0 Å². The van der Waals surface area contributed by atoms with Crippen molar-refractivity contribution < 1.29 is 4.74 Å². The Hall–Kier alpha value is -7.62. The van der Waals surface area contributed by atoms with Gasteiger partial charge in [0.05, 0.1) is 27.5 Å². The first-order chi connectivity index (χ1) is 28.8. The monoisotopic (exact) mass is 738 g/mol. The van der Waals surface area contributed by atoms with Crippen molar-refractivity contribution in [2.24, 2.45) is 0 Å². The zero-order valence-corrected chi connectivity index (χ0v) is 31.4. The molecule has 0 amide bonds. The maximum absolute atomic E-state index is 6.65. The maximum atomic E-state index is 6.65. The van der Waals surface area contributed by atoms with Crippen LogP contribution < -0.4 is 4.74 Å². The van der Waals surface area contributed by atoms with Crippen LogP contribution in [0.15, 0.2) is 206 Å². The number of aromatic nitrogens is 2. The van der Waals surface area contributed by atoms with Crippen molar-refractivity contribution in [1.29, 1.82) is 0 Å². The van der Waals surface area contributed by atoms with Crippen LogP contribution in [0.3, 0.4) is 0 Å². The predicted octanol–water partition coefficient (Wildman–Crippen LogP) is 14.0. The zero-order chi connectivity index (χ0) is 38.0. The van der Waals surface area contributed by atoms with Gasteiger partial charge in [-0.2, -0.15) is 0 Å². The summed E-state index contributed by atoms with van der Waals surface area (Å²) >= 11 is 0. The summed E-state index contributed by atoms with van der Waals surface area (Å²) in [6.07, 6.45) is 0. The first-order valence-corrected chi connectivity index (χ1v) is 20.0. The zero-order valence-electron chi connectivity index (χ0n) is 31.4. The van der Waals surface area contributed by atoms with E-state index >= 15 is 0 Å². The van der Waals surface area contributed by atoms with Gasteiger partial charge in [0.15, 0.2) is 0 Å². The summed E-state index contributed by atoms with van der Waals surface area (Å²) in [5, 5.41) is 4.98. The van der Waals surface area contributed by atoms with Gasteiger partial charge in [0.2, 0.25) is 0 Å². The van der Waals surface area contributed by atoms with Gasteiger partial charge >= 0.3 is 0 Å². The number of hydrogen-bond acceptors (Lipinski definition) is 1. The van der Waals surface area contributed by atoms with E-state index in [2.05, 4.69) is 215 Å². The van der Waals surface area contributed by atoms with Crippen molar-refractivity contribution in [3.05, 3.63) is 229 Å². The summed E-state index contributed by atoms with van der Waals surface area (Å²) in [7, 11) is 0. The van der Waals surface area contributed by atoms with Crippen LogP contribution in [0, 0.1) is 0 Å². The molecule has 58 heavy (non-hydrogen) atoms. The van der Waals surface area contributed by atoms with Gasteiger partial charge < -0.3 is 13.9 Å². The Labute approximate surface area is 335 Å². The standard InChI is InChI=1S/C55H34N2O/c1-3-15-37(16-4-1)56-49-24-12-8-20-40(49)41-29-27-36(32-51(41)56)35-28-30-50-43(31-35)44-33-42-39-19-7-9-21-45(39)55(48(42)34-52(44)57(50)38-17-5-2-6-18-38)46-22-10-13-25-53(46)58-54-26-14-11-23-47(54)55/h1-34H. The molecule has 0 atom stereocenters. The summed E-state index contributed by atoms with van der Waals surface area (Å²) in [5.41, 5.74) is 16.4. The number of ether oxygens (including phenoxy) is 1. The topological polar surface area (TPSA) is 19.1 Å². The van der Waals surface area contributed by atoms with Gasteiger partial charge in [0.1, 0.15) is 11.5 Å². The molecular weight excluding hydrogens is 705 g/mol. The van der Waals surface area contributed by atoms with E-state index in [1.165, 1.54) is 88.1 Å². The SMILES string of the molecule is c1ccc(-n2c3ccccc3c3ccc(-c4ccc5c(c4)c4cc6c(cc4n5-c4ccccc4)C4(c5ccccc5Oc5ccccc54)c4ccccc4-6)cc32)cc1. The smallest absolute Gasteiger partial charge is 0.132 e. The maximum Gasteiger partial charge on any atom is 0.132 e. The first kappa shape index (κ1) is 31.6. The molecule has 1 spiro atoms. The molecule has 0 saturated heterocycles. The lowest BCUT2D eigenvalue weighted by atomic mass is 9.66. The lowest BCUT2D eigenvalue weighted by Crippen LogP contribution is -2.32. The average molecular weight is 739 g/mol. The fourth-order valence-electron chi connectivity index (χ4n) is 10.4. The van der Waals surface area contributed by atoms with Crippen LogP contribution in [0.5, 0.6) is 11.5 Å². The molecule has 1 aliphatic carbocycles. The Kier molecular flexibility index (Phi) is 6.37. The van der Waals surface area contributed by atoms with Gasteiger partial charge in [-0.3, -0.25) is 0 Å². The summed E-state index contributed by atoms with van der Waals surface area (Å²) in [4.78, 5) is 0. The minimum atomic E-state index is -0.540. The highest BCUT2D eigenvalue weighted by molar-refractivity contribution is 6.14. The second kappa shape index (κ2) is 11.7. The van der Waals surface area contributed by atoms with Crippen LogP contribution in [0.25, 0.3) is 77.2 Å². The molecule has 2 aromatic heterocycles. The van der Waals surface area contributed by atoms with Gasteiger partial charge in [0.25, 0.3) is 0 Å². The Bertz CT molecular complexity index is 3440. The highest BCUT2D eigenvalue weighted by atomic mass is 16.5. The van der Waals surface area contributed by atoms with Gasteiger partial charge in [-0.15, -0.1) is 0 Å². The third-order valence-corrected chi connectivity index (χ3v) is 12.8. The van der Waals surface area contributed by atoms with E-state index < -0.39 is 5.41 Å². The number of benzene rings is 9. The third-order valence-electron chi connectivity index (χ3n) is 12.8. The van der Waals surface area contributed by atoms with Crippen LogP contribution in [-0.4, -0.2) is 9.13 Å². The van der Waals surface area contributed by atoms with Crippen molar-refractivity contribution in [1.82, 2.24) is 9.13 Å². The lowest BCUT2D eigenvalue weighted by Gasteiger charge is -2.39. The van der Waals surface area contributed by atoms with Crippen LogP contribution in [0.1, 0.15) is 22.3 Å². The van der Waals surface area contributed by atoms with Crippen molar-refractivity contribution in [3.8, 4) is 45.1 Å². The molecule has 9 aromatic carbocycles. The second-order valence-corrected chi connectivity index (χ2v) is 15.6. The summed E-state index contributed by atoms with van der Waals surface area (Å²) < 4.78 is 11.5. The van der Waals surface area contributed by atoms with E-state index in [-0.39, 0.29) is 0 Å². The van der Waals surface area contributed by atoms with Crippen LogP contribution >= 0.6 is 0 Å². The molecule has 0 unspecified atom stereocenters. The van der Waals surface area contributed by atoms with Crippen molar-refractivity contribution in [3.63, 3.8) is 0 Å². The lowest BCUT2D eigenvalue weighted by molar-refractivity contribution is 0.436. The normalized spacial score (nSPS) is 13.4. The summed E-state index contributed by atoms with van der Waals surface area (Å²) in [6, 6.07) is 75.4. The van der Waals surface area contributed by atoms with E-state index in [4.69, 9.17) is 4.74 Å². The minimum absolute atomic E-state index is 0.540. The molecule has 270 valence electrons. The molecule has 0 N–H and O–H groups in total. The molecule has 0 saturated carbocycles. The summed E-state index contributed by atoms with van der Waals surface area (Å²) in [5.74, 6) is 1.81. The predicted molar refractivity (Wildman–Crippen MR) is 238 cm³/mol. The van der Waals surface area contributed by atoms with Crippen molar-refractivity contribution in [2.45, 2.75) is 5.41 Å². The molecule has 13 rings (SSSR count). The molecule has 0 fully saturated rings. The first-order valence-electron chi connectivity index (χ1n) is 20.0. The van der Waals surface area contributed by atoms with E-state index in [0.717, 1.165) is 22.9 Å².